The third-order valence-corrected chi connectivity index (χ3v) is 3.72. The first-order valence-corrected chi connectivity index (χ1v) is 7.20. The zero-order valence-electron chi connectivity index (χ0n) is 12.4. The Morgan fingerprint density at radius 3 is 2.76 bits per heavy atom. The maximum Gasteiger partial charge on any atom is 0.0704 e. The highest BCUT2D eigenvalue weighted by Crippen LogP contribution is 2.20. The van der Waals surface area contributed by atoms with Gasteiger partial charge in [0.2, 0.25) is 0 Å². The largest absolute Gasteiger partial charge is 0.311 e. The van der Waals surface area contributed by atoms with Gasteiger partial charge in [0.25, 0.3) is 0 Å². The van der Waals surface area contributed by atoms with Crippen molar-refractivity contribution in [2.24, 2.45) is 0 Å². The molecule has 0 aliphatic carbocycles. The van der Waals surface area contributed by atoms with E-state index in [4.69, 9.17) is 0 Å². The van der Waals surface area contributed by atoms with E-state index in [1.54, 1.807) is 0 Å². The van der Waals surface area contributed by atoms with Crippen LogP contribution in [0.25, 0.3) is 10.9 Å². The van der Waals surface area contributed by atoms with Crippen LogP contribution in [0.3, 0.4) is 0 Å². The maximum absolute atomic E-state index is 4.51. The van der Waals surface area contributed by atoms with E-state index in [0.717, 1.165) is 17.6 Å². The molecular formula is C18H19N3. The first-order valence-electron chi connectivity index (χ1n) is 7.20. The van der Waals surface area contributed by atoms with Crippen molar-refractivity contribution in [3.8, 4) is 0 Å². The summed E-state index contributed by atoms with van der Waals surface area (Å²) in [4.78, 5) is 8.95. The van der Waals surface area contributed by atoms with Gasteiger partial charge in [0, 0.05) is 17.8 Å². The molecule has 3 nitrogen and oxygen atoms in total. The molecule has 0 radical (unpaired) electrons. The molecule has 0 amide bonds. The molecule has 1 N–H and O–H groups in total. The highest BCUT2D eigenvalue weighted by molar-refractivity contribution is 5.79. The van der Waals surface area contributed by atoms with E-state index in [0.29, 0.717) is 0 Å². The van der Waals surface area contributed by atoms with Gasteiger partial charge in [0.05, 0.1) is 17.3 Å². The third kappa shape index (κ3) is 3.09. The van der Waals surface area contributed by atoms with E-state index in [1.165, 1.54) is 16.5 Å². The smallest absolute Gasteiger partial charge is 0.0704 e. The van der Waals surface area contributed by atoms with Gasteiger partial charge in [-0.15, -0.1) is 0 Å². The minimum absolute atomic E-state index is 0.217. The zero-order chi connectivity index (χ0) is 14.7. The van der Waals surface area contributed by atoms with Gasteiger partial charge in [0.15, 0.2) is 0 Å². The Bertz CT molecular complexity index is 738. The highest BCUT2D eigenvalue weighted by atomic mass is 14.9. The fourth-order valence-electron chi connectivity index (χ4n) is 2.58. The summed E-state index contributed by atoms with van der Waals surface area (Å²) in [5.74, 6) is 0. The molecular weight excluding hydrogens is 258 g/mol. The number of benzene rings is 1. The molecule has 0 aliphatic rings. The van der Waals surface area contributed by atoms with Crippen LogP contribution in [0, 0.1) is 6.92 Å². The predicted molar refractivity (Wildman–Crippen MR) is 86.2 cm³/mol. The molecule has 0 spiro atoms. The van der Waals surface area contributed by atoms with Crippen molar-refractivity contribution in [2.75, 3.05) is 7.05 Å². The molecule has 0 saturated carbocycles. The maximum atomic E-state index is 4.51. The van der Waals surface area contributed by atoms with Gasteiger partial charge in [-0.1, -0.05) is 18.2 Å². The summed E-state index contributed by atoms with van der Waals surface area (Å²) in [5, 5.41) is 4.53. The molecule has 1 aromatic carbocycles. The van der Waals surface area contributed by atoms with Crippen molar-refractivity contribution in [1.82, 2.24) is 15.3 Å². The number of pyridine rings is 2. The number of hydrogen-bond donors (Lipinski definition) is 1. The van der Waals surface area contributed by atoms with Gasteiger partial charge >= 0.3 is 0 Å². The van der Waals surface area contributed by atoms with Crippen LogP contribution in [-0.4, -0.2) is 17.0 Å². The number of hydrogen-bond acceptors (Lipinski definition) is 3. The number of likely N-dealkylation sites (N-methyl/N-ethyl adjacent to an activating group) is 1. The summed E-state index contributed by atoms with van der Waals surface area (Å²) in [5.41, 5.74) is 4.58. The van der Waals surface area contributed by atoms with Crippen LogP contribution in [0.4, 0.5) is 0 Å². The Balaban J connectivity index is 1.88. The molecule has 2 aromatic heterocycles. The topological polar surface area (TPSA) is 37.8 Å². The molecule has 1 atom stereocenters. The SMILES string of the molecule is CNC(Cc1ccc2cc(C)cnc2c1)c1ccccn1. The molecule has 3 aromatic rings. The van der Waals surface area contributed by atoms with Gasteiger partial charge in [0.1, 0.15) is 0 Å². The van der Waals surface area contributed by atoms with E-state index in [2.05, 4.69) is 52.5 Å². The van der Waals surface area contributed by atoms with Crippen molar-refractivity contribution < 1.29 is 0 Å². The molecule has 21 heavy (non-hydrogen) atoms. The predicted octanol–water partition coefficient (Wildman–Crippen LogP) is 3.44. The summed E-state index contributed by atoms with van der Waals surface area (Å²) in [6, 6.07) is 14.9. The second kappa shape index (κ2) is 6.02. The molecule has 3 heteroatoms. The van der Waals surface area contributed by atoms with E-state index < -0.39 is 0 Å². The van der Waals surface area contributed by atoms with Gasteiger partial charge < -0.3 is 5.32 Å². The fourth-order valence-corrected chi connectivity index (χ4v) is 2.58. The zero-order valence-corrected chi connectivity index (χ0v) is 12.4. The van der Waals surface area contributed by atoms with Crippen molar-refractivity contribution in [3.05, 3.63) is 71.7 Å². The highest BCUT2D eigenvalue weighted by Gasteiger charge is 2.11. The van der Waals surface area contributed by atoms with Gasteiger partial charge in [-0.05, 0) is 55.8 Å². The summed E-state index contributed by atoms with van der Waals surface area (Å²) >= 11 is 0. The van der Waals surface area contributed by atoms with Crippen molar-refractivity contribution in [2.45, 2.75) is 19.4 Å². The van der Waals surface area contributed by atoms with E-state index in [-0.39, 0.29) is 6.04 Å². The lowest BCUT2D eigenvalue weighted by atomic mass is 10.0. The van der Waals surface area contributed by atoms with Gasteiger partial charge in [-0.3, -0.25) is 9.97 Å². The molecule has 0 bridgehead atoms. The number of fused-ring (bicyclic) bond motifs is 1. The lowest BCUT2D eigenvalue weighted by Crippen LogP contribution is -2.19. The standard InChI is InChI=1S/C18H19N3/c1-13-9-15-7-6-14(10-17(15)21-12-13)11-18(19-2)16-5-3-4-8-20-16/h3-10,12,18-19H,11H2,1-2H3. The quantitative estimate of drug-likeness (QED) is 0.794. The molecule has 0 aliphatic heterocycles. The van der Waals surface area contributed by atoms with Crippen molar-refractivity contribution in [3.63, 3.8) is 0 Å². The number of aromatic nitrogens is 2. The Labute approximate surface area is 125 Å². The fraction of sp³-hybridized carbons (Fsp3) is 0.222. The van der Waals surface area contributed by atoms with Crippen molar-refractivity contribution >= 4 is 10.9 Å². The number of aryl methyl sites for hydroxylation is 1. The van der Waals surface area contributed by atoms with E-state index in [1.807, 2.05) is 31.6 Å². The van der Waals surface area contributed by atoms with Gasteiger partial charge in [-0.2, -0.15) is 0 Å². The Kier molecular flexibility index (Phi) is 3.93. The summed E-state index contributed by atoms with van der Waals surface area (Å²) in [7, 11) is 1.97. The minimum Gasteiger partial charge on any atom is -0.311 e. The average molecular weight is 277 g/mol. The van der Waals surface area contributed by atoms with E-state index >= 15 is 0 Å². The summed E-state index contributed by atoms with van der Waals surface area (Å²) < 4.78 is 0. The summed E-state index contributed by atoms with van der Waals surface area (Å²) in [6.45, 7) is 2.07. The number of rotatable bonds is 4. The average Bonchev–Trinajstić information content (AvgIpc) is 2.53. The molecule has 0 fully saturated rings. The molecule has 3 rings (SSSR count). The van der Waals surface area contributed by atoms with Crippen molar-refractivity contribution in [1.29, 1.82) is 0 Å². The van der Waals surface area contributed by atoms with E-state index in [9.17, 15) is 0 Å². The van der Waals surface area contributed by atoms with Crippen LogP contribution in [0.15, 0.2) is 54.9 Å². The Morgan fingerprint density at radius 2 is 2.00 bits per heavy atom. The lowest BCUT2D eigenvalue weighted by molar-refractivity contribution is 0.576. The molecule has 2 heterocycles. The van der Waals surface area contributed by atoms with Crippen LogP contribution in [0.1, 0.15) is 22.9 Å². The third-order valence-electron chi connectivity index (χ3n) is 3.72. The van der Waals surface area contributed by atoms with Crippen LogP contribution in [0.5, 0.6) is 0 Å². The van der Waals surface area contributed by atoms with Crippen LogP contribution in [-0.2, 0) is 6.42 Å². The first-order chi connectivity index (χ1) is 10.3. The summed E-state index contributed by atoms with van der Waals surface area (Å²) in [6.07, 6.45) is 4.66. The Morgan fingerprint density at radius 1 is 1.10 bits per heavy atom. The molecule has 0 saturated heterocycles. The first kappa shape index (κ1) is 13.7. The van der Waals surface area contributed by atoms with Crippen LogP contribution >= 0.6 is 0 Å². The second-order valence-electron chi connectivity index (χ2n) is 5.34. The molecule has 1 unspecified atom stereocenters. The monoisotopic (exact) mass is 277 g/mol. The Hall–Kier alpha value is -2.26. The minimum atomic E-state index is 0.217. The van der Waals surface area contributed by atoms with Crippen LogP contribution < -0.4 is 5.32 Å². The van der Waals surface area contributed by atoms with Gasteiger partial charge in [-0.25, -0.2) is 0 Å². The number of nitrogens with zero attached hydrogens (tertiary/aromatic N) is 2. The number of nitrogens with one attached hydrogen (secondary N) is 1. The molecule has 106 valence electrons. The normalized spacial score (nSPS) is 12.5. The van der Waals surface area contributed by atoms with Crippen LogP contribution in [0.2, 0.25) is 0 Å². The lowest BCUT2D eigenvalue weighted by Gasteiger charge is -2.16. The second-order valence-corrected chi connectivity index (χ2v) is 5.34.